The summed E-state index contributed by atoms with van der Waals surface area (Å²) < 4.78 is 47.9. The van der Waals surface area contributed by atoms with Crippen LogP contribution >= 0.6 is 11.6 Å². The van der Waals surface area contributed by atoms with E-state index in [0.717, 1.165) is 10.4 Å². The largest absolute Gasteiger partial charge is 0.507 e. The van der Waals surface area contributed by atoms with Gasteiger partial charge in [-0.2, -0.15) is 0 Å². The molecule has 0 spiro atoms. The molecule has 1 saturated heterocycles. The van der Waals surface area contributed by atoms with Crippen LogP contribution in [0.2, 0.25) is 5.02 Å². The van der Waals surface area contributed by atoms with E-state index in [4.69, 9.17) is 16.3 Å². The Morgan fingerprint density at radius 2 is 2.06 bits per heavy atom. The molecule has 0 aliphatic carbocycles. The highest BCUT2D eigenvalue weighted by molar-refractivity contribution is 7.89. The molecule has 1 N–H and O–H groups in total. The van der Waals surface area contributed by atoms with Gasteiger partial charge >= 0.3 is 0 Å². The molecule has 3 heterocycles. The fourth-order valence-electron chi connectivity index (χ4n) is 4.04. The molecule has 2 aromatic rings. The van der Waals surface area contributed by atoms with Gasteiger partial charge in [-0.25, -0.2) is 22.1 Å². The minimum absolute atomic E-state index is 0.112. The van der Waals surface area contributed by atoms with Crippen molar-refractivity contribution < 1.29 is 32.2 Å². The van der Waals surface area contributed by atoms with Crippen LogP contribution in [0.5, 0.6) is 11.5 Å². The van der Waals surface area contributed by atoms with Gasteiger partial charge in [-0.1, -0.05) is 24.2 Å². The van der Waals surface area contributed by atoms with Gasteiger partial charge in [0.15, 0.2) is 10.8 Å². The average Bonchev–Trinajstić information content (AvgIpc) is 2.96. The summed E-state index contributed by atoms with van der Waals surface area (Å²) in [6.07, 6.45) is 1.17. The molecular weight excluding hydrogens is 503 g/mol. The monoisotopic (exact) mass is 524 g/mol. The van der Waals surface area contributed by atoms with E-state index < -0.39 is 55.4 Å². The van der Waals surface area contributed by atoms with Crippen LogP contribution in [0.3, 0.4) is 0 Å². The van der Waals surface area contributed by atoms with Gasteiger partial charge in [0.25, 0.3) is 15.9 Å². The van der Waals surface area contributed by atoms with Crippen LogP contribution in [0.4, 0.5) is 4.39 Å². The standard InChI is InChI=1S/C22H22ClFN4O6S/c1-4-15(30)27-8-9-28-12(10-27)11-34-20-17(22(28)31)21(35(32,33)26(2)3)25-19(18(20)23)16-13(24)6-5-7-14(16)29/h4-7,12,29H,1,8-11H2,2-3H3/t12-/m1/s1. The van der Waals surface area contributed by atoms with E-state index in [2.05, 4.69) is 11.6 Å². The number of carbonyl (C=O) groups excluding carboxylic acids is 2. The molecule has 1 atom stereocenters. The molecule has 1 aromatic heterocycles. The third-order valence-corrected chi connectivity index (χ3v) is 7.97. The Labute approximate surface area is 206 Å². The van der Waals surface area contributed by atoms with Crippen molar-refractivity contribution in [3.05, 3.63) is 47.3 Å². The van der Waals surface area contributed by atoms with Crippen molar-refractivity contribution in [3.8, 4) is 22.8 Å². The third-order valence-electron chi connectivity index (χ3n) is 5.88. The lowest BCUT2D eigenvalue weighted by atomic mass is 10.1. The number of aromatic hydroxyl groups is 1. The highest BCUT2D eigenvalue weighted by atomic mass is 35.5. The summed E-state index contributed by atoms with van der Waals surface area (Å²) in [4.78, 5) is 32.8. The van der Waals surface area contributed by atoms with Crippen LogP contribution in [0, 0.1) is 5.82 Å². The van der Waals surface area contributed by atoms with Gasteiger partial charge < -0.3 is 19.6 Å². The molecule has 35 heavy (non-hydrogen) atoms. The first-order valence-corrected chi connectivity index (χ1v) is 12.3. The number of pyridine rings is 1. The second-order valence-corrected chi connectivity index (χ2v) is 10.6. The maximum absolute atomic E-state index is 14.7. The summed E-state index contributed by atoms with van der Waals surface area (Å²) in [6.45, 7) is 3.81. The summed E-state index contributed by atoms with van der Waals surface area (Å²) in [6, 6.07) is 2.90. The number of piperazine rings is 1. The summed E-state index contributed by atoms with van der Waals surface area (Å²) in [5.74, 6) is -2.73. The van der Waals surface area contributed by atoms with E-state index in [1.54, 1.807) is 0 Å². The molecule has 2 aliphatic rings. The molecule has 2 aliphatic heterocycles. The zero-order valence-electron chi connectivity index (χ0n) is 18.9. The normalized spacial score (nSPS) is 18.0. The van der Waals surface area contributed by atoms with Crippen molar-refractivity contribution in [1.82, 2.24) is 19.1 Å². The lowest BCUT2D eigenvalue weighted by Crippen LogP contribution is -2.57. The Bertz CT molecular complexity index is 1330. The molecular formula is C22H22ClFN4O6S. The van der Waals surface area contributed by atoms with E-state index in [1.807, 2.05) is 0 Å². The van der Waals surface area contributed by atoms with E-state index in [-0.39, 0.29) is 42.9 Å². The lowest BCUT2D eigenvalue weighted by molar-refractivity contribution is -0.128. The van der Waals surface area contributed by atoms with E-state index in [0.29, 0.717) is 0 Å². The maximum atomic E-state index is 14.7. The molecule has 1 fully saturated rings. The predicted molar refractivity (Wildman–Crippen MR) is 124 cm³/mol. The number of halogens is 2. The molecule has 0 bridgehead atoms. The minimum Gasteiger partial charge on any atom is -0.507 e. The fraction of sp³-hybridized carbons (Fsp3) is 0.318. The van der Waals surface area contributed by atoms with Crippen molar-refractivity contribution >= 4 is 33.4 Å². The summed E-state index contributed by atoms with van der Waals surface area (Å²) in [7, 11) is -1.85. The first-order chi connectivity index (χ1) is 16.5. The number of rotatable bonds is 4. The third kappa shape index (κ3) is 4.11. The highest BCUT2D eigenvalue weighted by Gasteiger charge is 2.42. The molecule has 0 unspecified atom stereocenters. The summed E-state index contributed by atoms with van der Waals surface area (Å²) in [5.41, 5.74) is -1.22. The Kier molecular flexibility index (Phi) is 6.47. The van der Waals surface area contributed by atoms with Crippen LogP contribution in [-0.2, 0) is 14.8 Å². The molecule has 186 valence electrons. The molecule has 0 radical (unpaired) electrons. The van der Waals surface area contributed by atoms with Crippen LogP contribution in [0.15, 0.2) is 35.9 Å². The Morgan fingerprint density at radius 1 is 1.34 bits per heavy atom. The molecule has 10 nitrogen and oxygen atoms in total. The van der Waals surface area contributed by atoms with Gasteiger partial charge in [-0.15, -0.1) is 0 Å². The Morgan fingerprint density at radius 3 is 2.69 bits per heavy atom. The van der Waals surface area contributed by atoms with E-state index in [9.17, 15) is 27.5 Å². The second-order valence-electron chi connectivity index (χ2n) is 8.16. The molecule has 1 aromatic carbocycles. The highest BCUT2D eigenvalue weighted by Crippen LogP contribution is 2.44. The quantitative estimate of drug-likeness (QED) is 0.605. The van der Waals surface area contributed by atoms with E-state index >= 15 is 0 Å². The number of aromatic nitrogens is 1. The zero-order chi connectivity index (χ0) is 25.7. The zero-order valence-corrected chi connectivity index (χ0v) is 20.4. The number of nitrogens with zero attached hydrogens (tertiary/aromatic N) is 4. The van der Waals surface area contributed by atoms with Crippen molar-refractivity contribution in [2.75, 3.05) is 40.3 Å². The van der Waals surface area contributed by atoms with Gasteiger partial charge in [0.2, 0.25) is 5.91 Å². The number of fused-ring (bicyclic) bond motifs is 2. The van der Waals surface area contributed by atoms with Gasteiger partial charge in [-0.3, -0.25) is 9.59 Å². The number of hydrogen-bond acceptors (Lipinski definition) is 7. The van der Waals surface area contributed by atoms with Crippen LogP contribution < -0.4 is 4.74 Å². The number of phenols is 1. The average molecular weight is 525 g/mol. The van der Waals surface area contributed by atoms with Gasteiger partial charge in [-0.05, 0) is 18.2 Å². The molecule has 2 amide bonds. The van der Waals surface area contributed by atoms with Crippen LogP contribution in [0.25, 0.3) is 11.3 Å². The number of carbonyl (C=O) groups is 2. The van der Waals surface area contributed by atoms with Gasteiger partial charge in [0.1, 0.15) is 34.5 Å². The van der Waals surface area contributed by atoms with Gasteiger partial charge in [0.05, 0.1) is 11.6 Å². The first-order valence-electron chi connectivity index (χ1n) is 10.5. The maximum Gasteiger partial charge on any atom is 0.261 e. The number of phenolic OH excluding ortho intramolecular Hbond substituents is 1. The minimum atomic E-state index is -4.35. The number of amides is 2. The first kappa shape index (κ1) is 24.9. The van der Waals surface area contributed by atoms with E-state index in [1.165, 1.54) is 42.1 Å². The SMILES string of the molecule is C=CC(=O)N1CCN2C(=O)c3c(S(=O)(=O)N(C)C)nc(-c4c(O)cccc4F)c(Cl)c3OC[C@H]2C1. The number of hydrogen-bond donors (Lipinski definition) is 1. The summed E-state index contributed by atoms with van der Waals surface area (Å²) in [5, 5.41) is 9.28. The summed E-state index contributed by atoms with van der Waals surface area (Å²) >= 11 is 6.52. The smallest absolute Gasteiger partial charge is 0.261 e. The number of sulfonamides is 1. The van der Waals surface area contributed by atoms with Crippen molar-refractivity contribution in [2.45, 2.75) is 11.1 Å². The van der Waals surface area contributed by atoms with Crippen molar-refractivity contribution in [3.63, 3.8) is 0 Å². The Hall–Kier alpha value is -3.22. The Balaban J connectivity index is 1.95. The fourth-order valence-corrected chi connectivity index (χ4v) is 5.31. The number of ether oxygens (including phenoxy) is 1. The molecule has 13 heteroatoms. The second kappa shape index (κ2) is 9.10. The van der Waals surface area contributed by atoms with Crippen molar-refractivity contribution in [1.29, 1.82) is 0 Å². The topological polar surface area (TPSA) is 120 Å². The number of benzene rings is 1. The molecule has 0 saturated carbocycles. The van der Waals surface area contributed by atoms with Gasteiger partial charge in [0, 0.05) is 33.7 Å². The molecule has 4 rings (SSSR count). The van der Waals surface area contributed by atoms with Crippen molar-refractivity contribution in [2.24, 2.45) is 0 Å². The predicted octanol–water partition coefficient (Wildman–Crippen LogP) is 1.73. The van der Waals surface area contributed by atoms with Crippen LogP contribution in [-0.4, -0.2) is 90.8 Å². The lowest BCUT2D eigenvalue weighted by Gasteiger charge is -2.39. The van der Waals surface area contributed by atoms with Crippen LogP contribution in [0.1, 0.15) is 10.4 Å².